The van der Waals surface area contributed by atoms with Crippen LogP contribution in [-0.2, 0) is 10.0 Å². The van der Waals surface area contributed by atoms with E-state index < -0.39 is 10.0 Å². The number of fused-ring (bicyclic) bond motifs is 1. The Morgan fingerprint density at radius 3 is 2.74 bits per heavy atom. The van der Waals surface area contributed by atoms with Crippen LogP contribution in [0.15, 0.2) is 41.3 Å². The minimum Gasteiger partial charge on any atom is -0.365 e. The van der Waals surface area contributed by atoms with E-state index >= 15 is 0 Å². The first kappa shape index (κ1) is 16.0. The van der Waals surface area contributed by atoms with Gasteiger partial charge in [0.15, 0.2) is 5.13 Å². The third-order valence-electron chi connectivity index (χ3n) is 3.36. The van der Waals surface area contributed by atoms with E-state index in [1.807, 2.05) is 6.07 Å². The molecule has 23 heavy (non-hydrogen) atoms. The molecule has 1 aromatic heterocycles. The summed E-state index contributed by atoms with van der Waals surface area (Å²) in [7, 11) is -1.91. The van der Waals surface area contributed by atoms with Crippen molar-refractivity contribution in [1.82, 2.24) is 4.98 Å². The van der Waals surface area contributed by atoms with E-state index in [2.05, 4.69) is 15.0 Å². The largest absolute Gasteiger partial charge is 0.365 e. The molecule has 0 spiro atoms. The molecule has 0 fully saturated rings. The first-order valence-corrected chi connectivity index (χ1v) is 9.45. The Bertz CT molecular complexity index is 984. The Morgan fingerprint density at radius 1 is 1.22 bits per heavy atom. The van der Waals surface area contributed by atoms with Crippen molar-refractivity contribution in [2.24, 2.45) is 0 Å². The second kappa shape index (κ2) is 5.99. The Morgan fingerprint density at radius 2 is 2.00 bits per heavy atom. The average Bonchev–Trinajstić information content (AvgIpc) is 2.91. The number of anilines is 2. The summed E-state index contributed by atoms with van der Waals surface area (Å²) >= 11 is 7.52. The van der Waals surface area contributed by atoms with Crippen molar-refractivity contribution in [2.45, 2.75) is 11.8 Å². The van der Waals surface area contributed by atoms with Crippen LogP contribution in [0.4, 0.5) is 10.8 Å². The highest BCUT2D eigenvalue weighted by molar-refractivity contribution is 7.92. The molecule has 0 saturated carbocycles. The lowest BCUT2D eigenvalue weighted by molar-refractivity contribution is 0.600. The molecule has 120 valence electrons. The highest BCUT2D eigenvalue weighted by atomic mass is 35.5. The second-order valence-electron chi connectivity index (χ2n) is 4.92. The Balaban J connectivity index is 1.98. The number of aromatic nitrogens is 1. The van der Waals surface area contributed by atoms with Gasteiger partial charge in [0.1, 0.15) is 0 Å². The molecule has 0 atom stereocenters. The summed E-state index contributed by atoms with van der Waals surface area (Å²) in [6.07, 6.45) is 0. The minimum absolute atomic E-state index is 0.166. The van der Waals surface area contributed by atoms with Gasteiger partial charge in [-0.25, -0.2) is 13.4 Å². The van der Waals surface area contributed by atoms with Gasteiger partial charge in [-0.3, -0.25) is 4.72 Å². The molecule has 0 unspecified atom stereocenters. The fourth-order valence-corrected chi connectivity index (χ4v) is 4.53. The highest BCUT2D eigenvalue weighted by Crippen LogP contribution is 2.29. The zero-order valence-corrected chi connectivity index (χ0v) is 14.8. The Hall–Kier alpha value is -1.83. The van der Waals surface area contributed by atoms with Gasteiger partial charge in [0.05, 0.1) is 20.8 Å². The standard InChI is InChI=1S/C15H14ClN3O2S2/c1-9-11(16)4-3-5-14(9)23(20,21)19-10-6-7-13-12(8-10)18-15(17-2)22-13/h3-8,19H,1-2H3,(H,17,18). The van der Waals surface area contributed by atoms with Crippen LogP contribution >= 0.6 is 22.9 Å². The van der Waals surface area contributed by atoms with E-state index in [-0.39, 0.29) is 4.90 Å². The van der Waals surface area contributed by atoms with E-state index in [1.165, 1.54) is 17.4 Å². The van der Waals surface area contributed by atoms with Crippen LogP contribution < -0.4 is 10.0 Å². The van der Waals surface area contributed by atoms with E-state index in [1.54, 1.807) is 38.2 Å². The molecule has 0 aliphatic rings. The van der Waals surface area contributed by atoms with Crippen LogP contribution in [0.5, 0.6) is 0 Å². The second-order valence-corrected chi connectivity index (χ2v) is 8.01. The lowest BCUT2D eigenvalue weighted by atomic mass is 10.2. The van der Waals surface area contributed by atoms with Gasteiger partial charge in [0.2, 0.25) is 0 Å². The smallest absolute Gasteiger partial charge is 0.262 e. The van der Waals surface area contributed by atoms with E-state index in [9.17, 15) is 8.42 Å². The van der Waals surface area contributed by atoms with Gasteiger partial charge in [-0.1, -0.05) is 29.0 Å². The maximum Gasteiger partial charge on any atom is 0.262 e. The maximum atomic E-state index is 12.6. The van der Waals surface area contributed by atoms with Gasteiger partial charge >= 0.3 is 0 Å². The van der Waals surface area contributed by atoms with Crippen LogP contribution in [0.2, 0.25) is 5.02 Å². The molecule has 2 aromatic carbocycles. The zero-order chi connectivity index (χ0) is 16.6. The summed E-state index contributed by atoms with van der Waals surface area (Å²) in [5.74, 6) is 0. The summed E-state index contributed by atoms with van der Waals surface area (Å²) in [6, 6.07) is 10.1. The number of benzene rings is 2. The predicted octanol–water partition coefficient (Wildman–Crippen LogP) is 4.10. The van der Waals surface area contributed by atoms with Crippen LogP contribution in [0.1, 0.15) is 5.56 Å². The molecule has 3 rings (SSSR count). The molecule has 0 amide bonds. The third-order valence-corrected chi connectivity index (χ3v) is 6.35. The fourth-order valence-electron chi connectivity index (χ4n) is 2.19. The topological polar surface area (TPSA) is 71.1 Å². The van der Waals surface area contributed by atoms with Crippen molar-refractivity contribution in [3.05, 3.63) is 47.0 Å². The number of nitrogens with zero attached hydrogens (tertiary/aromatic N) is 1. The monoisotopic (exact) mass is 367 g/mol. The van der Waals surface area contributed by atoms with E-state index in [0.717, 1.165) is 15.3 Å². The molecule has 0 aliphatic heterocycles. The Labute approximate surface area is 143 Å². The van der Waals surface area contributed by atoms with Gasteiger partial charge in [-0.15, -0.1) is 0 Å². The summed E-state index contributed by atoms with van der Waals surface area (Å²) in [5.41, 5.74) is 1.72. The molecule has 0 aliphatic carbocycles. The van der Waals surface area contributed by atoms with Crippen molar-refractivity contribution in [3.63, 3.8) is 0 Å². The maximum absolute atomic E-state index is 12.6. The number of thiazole rings is 1. The zero-order valence-electron chi connectivity index (χ0n) is 12.4. The first-order valence-electron chi connectivity index (χ1n) is 6.77. The predicted molar refractivity (Wildman–Crippen MR) is 96.2 cm³/mol. The molecule has 1 heterocycles. The molecule has 2 N–H and O–H groups in total. The fraction of sp³-hybridized carbons (Fsp3) is 0.133. The molecule has 0 radical (unpaired) electrons. The van der Waals surface area contributed by atoms with Crippen molar-refractivity contribution >= 4 is 54.0 Å². The normalized spacial score (nSPS) is 11.6. The van der Waals surface area contributed by atoms with Gasteiger partial charge < -0.3 is 5.32 Å². The van der Waals surface area contributed by atoms with Crippen molar-refractivity contribution < 1.29 is 8.42 Å². The molecular formula is C15H14ClN3O2S2. The highest BCUT2D eigenvalue weighted by Gasteiger charge is 2.18. The van der Waals surface area contributed by atoms with Gasteiger partial charge in [0.25, 0.3) is 10.0 Å². The van der Waals surface area contributed by atoms with Crippen molar-refractivity contribution in [2.75, 3.05) is 17.1 Å². The molecule has 3 aromatic rings. The number of sulfonamides is 1. The van der Waals surface area contributed by atoms with Crippen LogP contribution in [-0.4, -0.2) is 20.4 Å². The van der Waals surface area contributed by atoms with Gasteiger partial charge in [0, 0.05) is 12.1 Å². The lowest BCUT2D eigenvalue weighted by Crippen LogP contribution is -2.14. The molecule has 5 nitrogen and oxygen atoms in total. The summed E-state index contributed by atoms with van der Waals surface area (Å²) in [4.78, 5) is 4.54. The first-order chi connectivity index (χ1) is 10.9. The van der Waals surface area contributed by atoms with Crippen molar-refractivity contribution in [3.8, 4) is 0 Å². The van der Waals surface area contributed by atoms with Crippen LogP contribution in [0.25, 0.3) is 10.2 Å². The lowest BCUT2D eigenvalue weighted by Gasteiger charge is -2.11. The molecule has 0 bridgehead atoms. The number of halogens is 1. The molecule has 0 saturated heterocycles. The number of hydrogen-bond acceptors (Lipinski definition) is 5. The number of nitrogens with one attached hydrogen (secondary N) is 2. The molecule has 8 heteroatoms. The quantitative estimate of drug-likeness (QED) is 0.728. The molecular weight excluding hydrogens is 354 g/mol. The summed E-state index contributed by atoms with van der Waals surface area (Å²) < 4.78 is 28.7. The average molecular weight is 368 g/mol. The Kier molecular flexibility index (Phi) is 4.18. The number of rotatable bonds is 4. The van der Waals surface area contributed by atoms with E-state index in [4.69, 9.17) is 11.6 Å². The van der Waals surface area contributed by atoms with E-state index in [0.29, 0.717) is 16.3 Å². The third kappa shape index (κ3) is 3.12. The number of hydrogen-bond donors (Lipinski definition) is 2. The minimum atomic E-state index is -3.71. The summed E-state index contributed by atoms with van der Waals surface area (Å²) in [6.45, 7) is 1.68. The SMILES string of the molecule is CNc1nc2cc(NS(=O)(=O)c3cccc(Cl)c3C)ccc2s1. The summed E-state index contributed by atoms with van der Waals surface area (Å²) in [5, 5.41) is 4.18. The van der Waals surface area contributed by atoms with Crippen molar-refractivity contribution in [1.29, 1.82) is 0 Å². The van der Waals surface area contributed by atoms with Crippen LogP contribution in [0, 0.1) is 6.92 Å². The van der Waals surface area contributed by atoms with Gasteiger partial charge in [-0.05, 0) is 42.8 Å². The van der Waals surface area contributed by atoms with Gasteiger partial charge in [-0.2, -0.15) is 0 Å². The van der Waals surface area contributed by atoms with Crippen LogP contribution in [0.3, 0.4) is 0 Å².